The number of hydrogen-bond acceptors (Lipinski definition) is 4. The van der Waals surface area contributed by atoms with Gasteiger partial charge in [-0.3, -0.25) is 9.59 Å². The molecule has 0 bridgehead atoms. The van der Waals surface area contributed by atoms with Gasteiger partial charge in [0.1, 0.15) is 0 Å². The Balaban J connectivity index is 2.01. The lowest BCUT2D eigenvalue weighted by atomic mass is 9.93. The zero-order valence-corrected chi connectivity index (χ0v) is 11.8. The van der Waals surface area contributed by atoms with Gasteiger partial charge in [-0.25, -0.2) is 4.90 Å². The molecule has 0 N–H and O–H groups in total. The minimum absolute atomic E-state index is 0.0400. The lowest BCUT2D eigenvalue weighted by molar-refractivity contribution is -0.255. The van der Waals surface area contributed by atoms with Crippen molar-refractivity contribution in [3.63, 3.8) is 0 Å². The zero-order chi connectivity index (χ0) is 15.1. The predicted octanol–water partition coefficient (Wildman–Crippen LogP) is 1.45. The van der Waals surface area contributed by atoms with Crippen LogP contribution in [0.4, 0.5) is 5.69 Å². The van der Waals surface area contributed by atoms with Crippen LogP contribution in [0.1, 0.15) is 36.0 Å². The molecule has 0 atom stereocenters. The van der Waals surface area contributed by atoms with E-state index < -0.39 is 5.97 Å². The number of aromatic carboxylic acids is 1. The third-order valence-electron chi connectivity index (χ3n) is 3.81. The molecule has 0 unspecified atom stereocenters. The number of carbonyl (C=O) groups is 3. The van der Waals surface area contributed by atoms with Gasteiger partial charge >= 0.3 is 0 Å². The van der Waals surface area contributed by atoms with Gasteiger partial charge in [-0.05, 0) is 43.4 Å². The second-order valence-corrected chi connectivity index (χ2v) is 5.47. The third kappa shape index (κ3) is 2.14. The molecule has 0 fully saturated rings. The summed E-state index contributed by atoms with van der Waals surface area (Å²) in [6.45, 7) is 0. The van der Waals surface area contributed by atoms with E-state index in [0.29, 0.717) is 24.0 Å². The Kier molecular flexibility index (Phi) is 3.29. The molecule has 108 valence electrons. The molecule has 0 aromatic heterocycles. The molecule has 2 aliphatic rings. The van der Waals surface area contributed by atoms with Gasteiger partial charge in [0.2, 0.25) is 0 Å². The van der Waals surface area contributed by atoms with E-state index in [1.807, 2.05) is 0 Å². The van der Waals surface area contributed by atoms with Crippen LogP contribution < -0.4 is 10.0 Å². The van der Waals surface area contributed by atoms with Gasteiger partial charge in [0, 0.05) is 11.1 Å². The summed E-state index contributed by atoms with van der Waals surface area (Å²) in [6, 6.07) is 3.82. The van der Waals surface area contributed by atoms with Crippen molar-refractivity contribution >= 4 is 35.1 Å². The van der Waals surface area contributed by atoms with E-state index in [1.165, 1.54) is 18.2 Å². The minimum atomic E-state index is -1.36. The molecule has 1 aromatic carbocycles. The van der Waals surface area contributed by atoms with E-state index in [-0.39, 0.29) is 28.1 Å². The molecule has 1 aliphatic carbocycles. The molecular formula is C15H11ClNO4-. The molecule has 5 nitrogen and oxygen atoms in total. The van der Waals surface area contributed by atoms with Gasteiger partial charge in [-0.15, -0.1) is 0 Å². The number of carbonyl (C=O) groups excluding carboxylic acids is 3. The Hall–Kier alpha value is -2.14. The van der Waals surface area contributed by atoms with Gasteiger partial charge in [-0.1, -0.05) is 17.7 Å². The highest BCUT2D eigenvalue weighted by molar-refractivity contribution is 6.39. The Morgan fingerprint density at radius 1 is 1.10 bits per heavy atom. The van der Waals surface area contributed by atoms with Crippen LogP contribution in [0.3, 0.4) is 0 Å². The van der Waals surface area contributed by atoms with Crippen molar-refractivity contribution in [2.75, 3.05) is 4.90 Å². The Morgan fingerprint density at radius 3 is 2.14 bits per heavy atom. The summed E-state index contributed by atoms with van der Waals surface area (Å²) in [6.07, 6.45) is 2.99. The average Bonchev–Trinajstić information content (AvgIpc) is 2.72. The van der Waals surface area contributed by atoms with E-state index >= 15 is 0 Å². The van der Waals surface area contributed by atoms with Crippen molar-refractivity contribution in [1.29, 1.82) is 0 Å². The first kappa shape index (κ1) is 13.8. The number of anilines is 1. The predicted molar refractivity (Wildman–Crippen MR) is 73.8 cm³/mol. The summed E-state index contributed by atoms with van der Waals surface area (Å²) >= 11 is 6.03. The lowest BCUT2D eigenvalue weighted by Gasteiger charge is -2.17. The fraction of sp³-hybridized carbons (Fsp3) is 0.267. The van der Waals surface area contributed by atoms with Gasteiger partial charge in [-0.2, -0.15) is 0 Å². The topological polar surface area (TPSA) is 77.5 Å². The number of carboxylic acids is 1. The molecule has 2 amide bonds. The number of hydrogen-bond donors (Lipinski definition) is 0. The second kappa shape index (κ2) is 5.00. The highest BCUT2D eigenvalue weighted by Crippen LogP contribution is 2.38. The normalized spacial score (nSPS) is 18.2. The van der Waals surface area contributed by atoms with Crippen LogP contribution in [0.25, 0.3) is 0 Å². The summed E-state index contributed by atoms with van der Waals surface area (Å²) in [5.74, 6) is -2.06. The van der Waals surface area contributed by atoms with Crippen LogP contribution in [0, 0.1) is 0 Å². The van der Waals surface area contributed by atoms with Crippen LogP contribution >= 0.6 is 11.6 Å². The number of halogens is 1. The number of nitrogens with zero attached hydrogens (tertiary/aromatic N) is 1. The molecule has 0 radical (unpaired) electrons. The van der Waals surface area contributed by atoms with Gasteiger partial charge in [0.15, 0.2) is 0 Å². The molecule has 1 aliphatic heterocycles. The number of carboxylic acid groups (broad SMARTS) is 1. The van der Waals surface area contributed by atoms with Crippen LogP contribution in [0.5, 0.6) is 0 Å². The van der Waals surface area contributed by atoms with Gasteiger partial charge in [0.05, 0.1) is 16.7 Å². The number of rotatable bonds is 2. The first-order valence-electron chi connectivity index (χ1n) is 6.62. The molecule has 21 heavy (non-hydrogen) atoms. The van der Waals surface area contributed by atoms with Crippen LogP contribution in [0.15, 0.2) is 29.3 Å². The largest absolute Gasteiger partial charge is 0.545 e. The smallest absolute Gasteiger partial charge is 0.261 e. The molecule has 0 saturated carbocycles. The first-order chi connectivity index (χ1) is 10.0. The molecule has 0 saturated heterocycles. The summed E-state index contributed by atoms with van der Waals surface area (Å²) in [5.41, 5.74) is 1.24. The van der Waals surface area contributed by atoms with E-state index in [2.05, 4.69) is 0 Å². The molecule has 1 aromatic rings. The zero-order valence-electron chi connectivity index (χ0n) is 11.0. The van der Waals surface area contributed by atoms with E-state index in [4.69, 9.17) is 11.6 Å². The second-order valence-electron chi connectivity index (χ2n) is 5.06. The molecule has 3 rings (SSSR count). The molecule has 1 heterocycles. The van der Waals surface area contributed by atoms with Gasteiger partial charge in [0.25, 0.3) is 11.8 Å². The maximum Gasteiger partial charge on any atom is 0.261 e. The molecule has 6 heteroatoms. The SMILES string of the molecule is O=C([O-])c1ccc(N2C(=O)C3=C(CCCC3)C2=O)c(Cl)c1. The van der Waals surface area contributed by atoms with Crippen LogP contribution in [-0.4, -0.2) is 17.8 Å². The van der Waals surface area contributed by atoms with Gasteiger partial charge < -0.3 is 9.90 Å². The van der Waals surface area contributed by atoms with Crippen molar-refractivity contribution in [2.45, 2.75) is 25.7 Å². The van der Waals surface area contributed by atoms with Crippen molar-refractivity contribution in [3.8, 4) is 0 Å². The van der Waals surface area contributed by atoms with Crippen molar-refractivity contribution in [3.05, 3.63) is 39.9 Å². The number of amides is 2. The fourth-order valence-electron chi connectivity index (χ4n) is 2.77. The Morgan fingerprint density at radius 2 is 1.67 bits per heavy atom. The lowest BCUT2D eigenvalue weighted by Crippen LogP contribution is -2.32. The minimum Gasteiger partial charge on any atom is -0.545 e. The summed E-state index contributed by atoms with van der Waals surface area (Å²) in [7, 11) is 0. The summed E-state index contributed by atoms with van der Waals surface area (Å²) in [5, 5.41) is 10.8. The van der Waals surface area contributed by atoms with E-state index in [9.17, 15) is 19.5 Å². The first-order valence-corrected chi connectivity index (χ1v) is 7.00. The Labute approximate surface area is 125 Å². The molecule has 0 spiro atoms. The number of imide groups is 1. The molecular weight excluding hydrogens is 294 g/mol. The highest BCUT2D eigenvalue weighted by Gasteiger charge is 2.40. The summed E-state index contributed by atoms with van der Waals surface area (Å²) < 4.78 is 0. The quantitative estimate of drug-likeness (QED) is 0.775. The van der Waals surface area contributed by atoms with Crippen LogP contribution in [-0.2, 0) is 9.59 Å². The maximum absolute atomic E-state index is 12.4. The van der Waals surface area contributed by atoms with Crippen LogP contribution in [0.2, 0.25) is 5.02 Å². The number of benzene rings is 1. The average molecular weight is 305 g/mol. The summed E-state index contributed by atoms with van der Waals surface area (Å²) in [4.78, 5) is 36.6. The fourth-order valence-corrected chi connectivity index (χ4v) is 3.04. The van der Waals surface area contributed by atoms with E-state index in [1.54, 1.807) is 0 Å². The maximum atomic E-state index is 12.4. The monoisotopic (exact) mass is 304 g/mol. The highest BCUT2D eigenvalue weighted by atomic mass is 35.5. The Bertz CT molecular complexity index is 680. The van der Waals surface area contributed by atoms with Crippen molar-refractivity contribution in [2.24, 2.45) is 0 Å². The third-order valence-corrected chi connectivity index (χ3v) is 4.12. The standard InChI is InChI=1S/C15H12ClNO4/c16-11-7-8(15(20)21)5-6-12(11)17-13(18)9-3-1-2-4-10(9)14(17)19/h5-7H,1-4H2,(H,20,21)/p-1. The van der Waals surface area contributed by atoms with Crippen molar-refractivity contribution < 1.29 is 19.5 Å². The van der Waals surface area contributed by atoms with Crippen molar-refractivity contribution in [1.82, 2.24) is 0 Å². The van der Waals surface area contributed by atoms with E-state index in [0.717, 1.165) is 17.7 Å².